The van der Waals surface area contributed by atoms with Crippen molar-refractivity contribution in [1.29, 1.82) is 0 Å². The number of rotatable bonds is 8. The van der Waals surface area contributed by atoms with Crippen LogP contribution in [-0.4, -0.2) is 39.3 Å². The van der Waals surface area contributed by atoms with Crippen molar-refractivity contribution >= 4 is 30.1 Å². The number of likely N-dealkylation sites (N-methyl/N-ethyl adjacent to an activating group) is 1. The molecule has 0 aromatic heterocycles. The summed E-state index contributed by atoms with van der Waals surface area (Å²) in [5.74, 6) is -46.0. The van der Waals surface area contributed by atoms with E-state index in [-0.39, 0.29) is 0 Å². The molecule has 0 bridgehead atoms. The fourth-order valence-electron chi connectivity index (χ4n) is 4.53. The molecule has 0 N–H and O–H groups in total. The van der Waals surface area contributed by atoms with Gasteiger partial charge in [-0.05, 0) is 12.1 Å². The van der Waals surface area contributed by atoms with Crippen molar-refractivity contribution in [2.75, 3.05) is 20.2 Å². The summed E-state index contributed by atoms with van der Waals surface area (Å²) in [5.41, 5.74) is 0.424. The van der Waals surface area contributed by atoms with Gasteiger partial charge >= 0.3 is 8.32 Å². The van der Waals surface area contributed by atoms with E-state index >= 15 is 26.3 Å². The Morgan fingerprint density at radius 2 is 0.761 bits per heavy atom. The van der Waals surface area contributed by atoms with Crippen LogP contribution in [0.5, 0.6) is 0 Å². The van der Waals surface area contributed by atoms with Crippen molar-refractivity contribution in [1.82, 2.24) is 0 Å². The molecule has 18 heteroatoms. The molecule has 0 atom stereocenters. The van der Waals surface area contributed by atoms with Gasteiger partial charge in [0.05, 0.1) is 22.2 Å². The van der Waals surface area contributed by atoms with E-state index in [0.29, 0.717) is 5.56 Å². The van der Waals surface area contributed by atoms with E-state index in [1.54, 1.807) is 18.2 Å². The van der Waals surface area contributed by atoms with Gasteiger partial charge in [0.2, 0.25) is 17.5 Å². The molecule has 0 amide bonds. The molecule has 244 valence electrons. The highest BCUT2D eigenvalue weighted by molar-refractivity contribution is 7.07. The molecule has 46 heavy (non-hydrogen) atoms. The summed E-state index contributed by atoms with van der Waals surface area (Å²) >= 11 is 0. The van der Waals surface area contributed by atoms with Gasteiger partial charge in [0.25, 0.3) is 0 Å². The Bertz CT molecular complexity index is 1640. The summed E-state index contributed by atoms with van der Waals surface area (Å²) in [6.45, 7) is -2.10. The summed E-state index contributed by atoms with van der Waals surface area (Å²) in [6.07, 6.45) is 1.28. The smallest absolute Gasteiger partial charge is 0.306 e. The van der Waals surface area contributed by atoms with Gasteiger partial charge in [0, 0.05) is 5.56 Å². The molecule has 0 heterocycles. The van der Waals surface area contributed by atoms with E-state index in [4.69, 9.17) is 4.43 Å². The van der Waals surface area contributed by atoms with Gasteiger partial charge in [0.1, 0.15) is 7.05 Å². The predicted molar refractivity (Wildman–Crippen MR) is 132 cm³/mol. The average molecular weight is 692 g/mol. The van der Waals surface area contributed by atoms with Gasteiger partial charge in [-0.3, -0.25) is 0 Å². The maximum Gasteiger partial charge on any atom is 0.306 e. The molecule has 0 aliphatic carbocycles. The summed E-state index contributed by atoms with van der Waals surface area (Å²) in [7, 11) is -6.12. The number of halogens is 15. The number of benzene rings is 4. The summed E-state index contributed by atoms with van der Waals surface area (Å²) in [5, 5.41) is -8.24. The van der Waals surface area contributed by atoms with E-state index in [1.165, 1.54) is 25.4 Å². The van der Waals surface area contributed by atoms with Crippen LogP contribution in [-0.2, 0) is 4.43 Å². The predicted octanol–water partition coefficient (Wildman–Crippen LogP) is 5.52. The molecule has 0 radical (unpaired) electrons. The van der Waals surface area contributed by atoms with Gasteiger partial charge < -0.3 is 4.43 Å². The normalized spacial score (nSPS) is 12.3. The lowest BCUT2D eigenvalue weighted by atomic mass is 10.2. The highest BCUT2D eigenvalue weighted by Gasteiger charge is 2.58. The van der Waals surface area contributed by atoms with Crippen LogP contribution in [0.2, 0.25) is 0 Å². The molecule has 0 unspecified atom stereocenters. The summed E-state index contributed by atoms with van der Waals surface area (Å²) < 4.78 is 228. The van der Waals surface area contributed by atoms with Crippen LogP contribution in [0.25, 0.3) is 0 Å². The van der Waals surface area contributed by atoms with Gasteiger partial charge in [-0.15, -0.1) is 0 Å². The lowest BCUT2D eigenvalue weighted by Crippen LogP contribution is -2.75. The molecule has 0 saturated carbocycles. The molecule has 4 aromatic rings. The first-order valence-electron chi connectivity index (χ1n) is 12.3. The third-order valence-electron chi connectivity index (χ3n) is 6.62. The van der Waals surface area contributed by atoms with Crippen molar-refractivity contribution in [2.24, 2.45) is 0 Å². The largest absolute Gasteiger partial charge is 0.397 e. The molecular formula is C28H13F15NOSi+. The Morgan fingerprint density at radius 1 is 0.478 bits per heavy atom. The summed E-state index contributed by atoms with van der Waals surface area (Å²) in [4.78, 5) is 0. The van der Waals surface area contributed by atoms with Crippen LogP contribution >= 0.6 is 0 Å². The maximum atomic E-state index is 15.4. The minimum Gasteiger partial charge on any atom is -0.397 e. The van der Waals surface area contributed by atoms with Crippen molar-refractivity contribution in [3.8, 4) is 0 Å². The SMILES string of the molecule is C[N+](=Cc1ccccc1)CCO[Si](c1c(F)c(F)c(F)c(F)c1F)(c1c(F)c(F)c(F)c(F)c1F)c1c(F)c(F)c(F)c(F)c1F. The zero-order valence-electron chi connectivity index (χ0n) is 22.4. The molecule has 4 aromatic carbocycles. The quantitative estimate of drug-likeness (QED) is 0.0451. The lowest BCUT2D eigenvalue weighted by molar-refractivity contribution is -0.493. The van der Waals surface area contributed by atoms with Gasteiger partial charge in [-0.25, -0.2) is 70.4 Å². The lowest BCUT2D eigenvalue weighted by Gasteiger charge is -2.34. The molecule has 0 aliphatic heterocycles. The minimum atomic E-state index is -7.34. The van der Waals surface area contributed by atoms with E-state index in [0.717, 1.165) is 4.58 Å². The Kier molecular flexibility index (Phi) is 9.63. The zero-order chi connectivity index (χ0) is 34.4. The van der Waals surface area contributed by atoms with E-state index in [1.807, 2.05) is 0 Å². The first-order valence-corrected chi connectivity index (χ1v) is 14.2. The summed E-state index contributed by atoms with van der Waals surface area (Å²) in [6, 6.07) is 7.70. The first-order chi connectivity index (χ1) is 21.5. The van der Waals surface area contributed by atoms with Gasteiger partial charge in [-0.1, -0.05) is 18.2 Å². The van der Waals surface area contributed by atoms with E-state index < -0.39 is 124 Å². The first kappa shape index (κ1) is 34.5. The van der Waals surface area contributed by atoms with Crippen molar-refractivity contribution in [2.45, 2.75) is 0 Å². The molecule has 2 nitrogen and oxygen atoms in total. The minimum absolute atomic E-state index is 0.424. The van der Waals surface area contributed by atoms with Crippen LogP contribution in [0.1, 0.15) is 5.56 Å². The Hall–Kier alpha value is -4.32. The number of hydrogen-bond acceptors (Lipinski definition) is 1. The second-order valence-corrected chi connectivity index (χ2v) is 12.5. The zero-order valence-corrected chi connectivity index (χ0v) is 23.4. The second kappa shape index (κ2) is 12.8. The fourth-order valence-corrected chi connectivity index (χ4v) is 8.63. The highest BCUT2D eigenvalue weighted by atomic mass is 28.4. The fraction of sp³-hybridized carbons (Fsp3) is 0.107. The van der Waals surface area contributed by atoms with Crippen LogP contribution in [0.4, 0.5) is 65.9 Å². The second-order valence-electron chi connectivity index (χ2n) is 9.38. The van der Waals surface area contributed by atoms with Crippen molar-refractivity contribution in [3.63, 3.8) is 0 Å². The Balaban J connectivity index is 2.23. The van der Waals surface area contributed by atoms with E-state index in [9.17, 15) is 39.5 Å². The number of hydrogen-bond donors (Lipinski definition) is 0. The molecular weight excluding hydrogens is 679 g/mol. The Morgan fingerprint density at radius 3 is 1.07 bits per heavy atom. The van der Waals surface area contributed by atoms with Crippen molar-refractivity contribution in [3.05, 3.63) is 123 Å². The molecule has 0 saturated heterocycles. The standard InChI is InChI=1S/C28H13F15NOSi/c1-44(9-10-5-3-2-4-6-10)7-8-45-46(26-20(38)14(32)11(29)15(33)21(26)39,27-22(40)16(34)12(30)17(35)23(27)41)28-24(42)18(36)13(31)19(37)25(28)43/h2-6,9H,7-8H2,1H3/q+1. The maximum absolute atomic E-state index is 15.4. The average Bonchev–Trinajstić information content (AvgIpc) is 3.03. The number of nitrogens with zero attached hydrogens (tertiary/aromatic N) is 1. The molecule has 0 aliphatic rings. The van der Waals surface area contributed by atoms with Crippen LogP contribution < -0.4 is 15.6 Å². The third kappa shape index (κ3) is 5.42. The van der Waals surface area contributed by atoms with Crippen LogP contribution in [0.15, 0.2) is 30.3 Å². The Labute approximate surface area is 248 Å². The van der Waals surface area contributed by atoms with E-state index in [2.05, 4.69) is 0 Å². The highest BCUT2D eigenvalue weighted by Crippen LogP contribution is 2.28. The molecule has 4 rings (SSSR count). The molecule has 0 spiro atoms. The third-order valence-corrected chi connectivity index (χ3v) is 10.7. The monoisotopic (exact) mass is 692 g/mol. The van der Waals surface area contributed by atoms with Gasteiger partial charge in [-0.2, -0.15) is 0 Å². The van der Waals surface area contributed by atoms with Crippen LogP contribution in [0.3, 0.4) is 0 Å². The van der Waals surface area contributed by atoms with Crippen LogP contribution in [0, 0.1) is 87.3 Å². The van der Waals surface area contributed by atoms with Crippen molar-refractivity contribution < 1.29 is 74.9 Å². The molecule has 0 fully saturated rings. The topological polar surface area (TPSA) is 12.2 Å². The van der Waals surface area contributed by atoms with Gasteiger partial charge in [0.15, 0.2) is 82.6 Å².